The molecular formula is C19H22N4O5S. The predicted octanol–water partition coefficient (Wildman–Crippen LogP) is 2.31. The van der Waals surface area contributed by atoms with Gasteiger partial charge in [-0.05, 0) is 31.0 Å². The van der Waals surface area contributed by atoms with Gasteiger partial charge < -0.3 is 20.1 Å². The van der Waals surface area contributed by atoms with Gasteiger partial charge in [-0.3, -0.25) is 14.5 Å². The third-order valence-corrected chi connectivity index (χ3v) is 5.30. The quantitative estimate of drug-likeness (QED) is 0.637. The summed E-state index contributed by atoms with van der Waals surface area (Å²) >= 11 is 1.34. The van der Waals surface area contributed by atoms with Crippen LogP contribution in [0.3, 0.4) is 0 Å². The van der Waals surface area contributed by atoms with Gasteiger partial charge in [0.1, 0.15) is 6.04 Å². The minimum absolute atomic E-state index is 0.0967. The number of imide groups is 1. The van der Waals surface area contributed by atoms with Crippen LogP contribution in [-0.4, -0.2) is 48.0 Å². The van der Waals surface area contributed by atoms with Gasteiger partial charge in [0.05, 0.1) is 26.5 Å². The first-order valence-corrected chi connectivity index (χ1v) is 9.84. The molecule has 1 fully saturated rings. The van der Waals surface area contributed by atoms with Crippen molar-refractivity contribution in [3.8, 4) is 11.5 Å². The molecule has 2 heterocycles. The Morgan fingerprint density at radius 3 is 2.69 bits per heavy atom. The van der Waals surface area contributed by atoms with Crippen molar-refractivity contribution in [2.75, 3.05) is 19.5 Å². The first-order valence-electron chi connectivity index (χ1n) is 8.96. The minimum atomic E-state index is -0.730. The van der Waals surface area contributed by atoms with Gasteiger partial charge in [0.25, 0.3) is 5.91 Å². The van der Waals surface area contributed by atoms with E-state index in [2.05, 4.69) is 15.6 Å². The van der Waals surface area contributed by atoms with Crippen molar-refractivity contribution < 1.29 is 23.9 Å². The highest BCUT2D eigenvalue weighted by Gasteiger charge is 2.37. The van der Waals surface area contributed by atoms with Gasteiger partial charge in [-0.15, -0.1) is 11.3 Å². The number of rotatable bonds is 8. The van der Waals surface area contributed by atoms with E-state index in [0.29, 0.717) is 16.6 Å². The van der Waals surface area contributed by atoms with Crippen molar-refractivity contribution >= 4 is 34.3 Å². The van der Waals surface area contributed by atoms with Crippen LogP contribution >= 0.6 is 11.3 Å². The second-order valence-corrected chi connectivity index (χ2v) is 7.35. The van der Waals surface area contributed by atoms with E-state index in [1.807, 2.05) is 12.3 Å². The smallest absolute Gasteiger partial charge is 0.325 e. The molecule has 1 aromatic carbocycles. The molecule has 154 valence electrons. The Kier molecular flexibility index (Phi) is 6.32. The van der Waals surface area contributed by atoms with Crippen molar-refractivity contribution in [1.82, 2.24) is 15.2 Å². The number of nitrogens with one attached hydrogen (secondary N) is 2. The third kappa shape index (κ3) is 4.83. The topological polar surface area (TPSA) is 110 Å². The second-order valence-electron chi connectivity index (χ2n) is 6.50. The maximum atomic E-state index is 12.6. The maximum Gasteiger partial charge on any atom is 0.325 e. The molecule has 10 heteroatoms. The predicted molar refractivity (Wildman–Crippen MR) is 107 cm³/mol. The number of hydrogen-bond donors (Lipinski definition) is 2. The molecule has 0 saturated carbocycles. The number of carbonyl (C=O) groups is 3. The van der Waals surface area contributed by atoms with Crippen molar-refractivity contribution in [2.45, 2.75) is 32.4 Å². The molecule has 9 nitrogen and oxygen atoms in total. The molecule has 1 aliphatic heterocycles. The number of amides is 4. The van der Waals surface area contributed by atoms with Crippen LogP contribution in [0.5, 0.6) is 11.5 Å². The second kappa shape index (κ2) is 8.91. The van der Waals surface area contributed by atoms with E-state index in [9.17, 15) is 14.4 Å². The fraction of sp³-hybridized carbons (Fsp3) is 0.368. The number of urea groups is 1. The first kappa shape index (κ1) is 20.6. The third-order valence-electron chi connectivity index (χ3n) is 4.42. The number of anilines is 1. The van der Waals surface area contributed by atoms with E-state index in [0.717, 1.165) is 16.2 Å². The largest absolute Gasteiger partial charge is 0.493 e. The lowest BCUT2D eigenvalue weighted by Gasteiger charge is -2.15. The number of methoxy groups -OCH3 is 2. The number of benzene rings is 1. The fourth-order valence-corrected chi connectivity index (χ4v) is 3.66. The molecule has 3 rings (SSSR count). The van der Waals surface area contributed by atoms with E-state index in [1.165, 1.54) is 25.6 Å². The summed E-state index contributed by atoms with van der Waals surface area (Å²) < 4.78 is 10.4. The lowest BCUT2D eigenvalue weighted by molar-refractivity contribution is -0.128. The summed E-state index contributed by atoms with van der Waals surface area (Å²) in [6.45, 7) is 1.94. The summed E-state index contributed by atoms with van der Waals surface area (Å²) in [5, 5.41) is 7.68. The van der Waals surface area contributed by atoms with Crippen LogP contribution in [0.15, 0.2) is 23.6 Å². The average Bonchev–Trinajstić information content (AvgIpc) is 3.23. The maximum absolute atomic E-state index is 12.6. The van der Waals surface area contributed by atoms with Crippen LogP contribution < -0.4 is 20.1 Å². The number of nitrogens with zero attached hydrogens (tertiary/aromatic N) is 2. The van der Waals surface area contributed by atoms with E-state index >= 15 is 0 Å². The molecule has 1 atom stereocenters. The first-order chi connectivity index (χ1) is 13.9. The van der Waals surface area contributed by atoms with E-state index < -0.39 is 12.1 Å². The molecule has 2 aromatic rings. The van der Waals surface area contributed by atoms with E-state index in [-0.39, 0.29) is 31.2 Å². The summed E-state index contributed by atoms with van der Waals surface area (Å²) in [6.07, 6.45) is 0.308. The Morgan fingerprint density at radius 1 is 1.28 bits per heavy atom. The SMILES string of the molecule is COc1ccc(CN2C(=O)NC(CCC(=O)Nc3nc(C)cs3)C2=O)cc1OC. The zero-order valence-electron chi connectivity index (χ0n) is 16.4. The van der Waals surface area contributed by atoms with Crippen LogP contribution in [0.25, 0.3) is 0 Å². The molecule has 2 N–H and O–H groups in total. The molecular weight excluding hydrogens is 396 g/mol. The van der Waals surface area contributed by atoms with E-state index in [4.69, 9.17) is 9.47 Å². The highest BCUT2D eigenvalue weighted by Crippen LogP contribution is 2.28. The van der Waals surface area contributed by atoms with Gasteiger partial charge in [0.15, 0.2) is 16.6 Å². The normalized spacial score (nSPS) is 16.0. The van der Waals surface area contributed by atoms with Crippen LogP contribution in [0.1, 0.15) is 24.1 Å². The Hall–Kier alpha value is -3.14. The number of aryl methyl sites for hydroxylation is 1. The molecule has 1 aromatic heterocycles. The molecule has 4 amide bonds. The van der Waals surface area contributed by atoms with Gasteiger partial charge in [-0.25, -0.2) is 9.78 Å². The number of carbonyl (C=O) groups excluding carboxylic acids is 3. The Labute approximate surface area is 172 Å². The molecule has 0 spiro atoms. The summed E-state index contributed by atoms with van der Waals surface area (Å²) in [5.74, 6) is 0.470. The van der Waals surface area contributed by atoms with Crippen molar-refractivity contribution in [3.63, 3.8) is 0 Å². The van der Waals surface area contributed by atoms with Gasteiger partial charge in [-0.1, -0.05) is 6.07 Å². The molecule has 1 unspecified atom stereocenters. The van der Waals surface area contributed by atoms with E-state index in [1.54, 1.807) is 18.2 Å². The summed E-state index contributed by atoms with van der Waals surface area (Å²) in [7, 11) is 3.05. The highest BCUT2D eigenvalue weighted by molar-refractivity contribution is 7.13. The molecule has 0 radical (unpaired) electrons. The molecule has 1 saturated heterocycles. The summed E-state index contributed by atoms with van der Waals surface area (Å²) in [4.78, 5) is 42.2. The number of hydrogen-bond acceptors (Lipinski definition) is 7. The Morgan fingerprint density at radius 2 is 2.03 bits per heavy atom. The summed E-state index contributed by atoms with van der Waals surface area (Å²) in [5.41, 5.74) is 1.55. The van der Waals surface area contributed by atoms with Gasteiger partial charge >= 0.3 is 6.03 Å². The summed E-state index contributed by atoms with van der Waals surface area (Å²) in [6, 6.07) is 3.99. The van der Waals surface area contributed by atoms with Crippen molar-refractivity contribution in [1.29, 1.82) is 0 Å². The molecule has 0 bridgehead atoms. The number of aromatic nitrogens is 1. The average molecular weight is 418 g/mol. The lowest BCUT2D eigenvalue weighted by Crippen LogP contribution is -2.31. The van der Waals surface area contributed by atoms with Crippen LogP contribution in [0.4, 0.5) is 9.93 Å². The van der Waals surface area contributed by atoms with Crippen molar-refractivity contribution in [3.05, 3.63) is 34.8 Å². The van der Waals surface area contributed by atoms with Crippen molar-refractivity contribution in [2.24, 2.45) is 0 Å². The van der Waals surface area contributed by atoms with Crippen LogP contribution in [-0.2, 0) is 16.1 Å². The minimum Gasteiger partial charge on any atom is -0.493 e. The zero-order chi connectivity index (χ0) is 21.0. The molecule has 0 aliphatic carbocycles. The Balaban J connectivity index is 1.57. The zero-order valence-corrected chi connectivity index (χ0v) is 17.2. The standard InChI is InChI=1S/C19H22N4O5S/c1-11-10-29-18(20-11)22-16(24)7-5-13-17(25)23(19(26)21-13)9-12-4-6-14(27-2)15(8-12)28-3/h4,6,8,10,13H,5,7,9H2,1-3H3,(H,21,26)(H,20,22,24). The van der Waals surface area contributed by atoms with Gasteiger partial charge in [0, 0.05) is 11.8 Å². The van der Waals surface area contributed by atoms with Crippen LogP contribution in [0.2, 0.25) is 0 Å². The molecule has 1 aliphatic rings. The molecule has 29 heavy (non-hydrogen) atoms. The van der Waals surface area contributed by atoms with Gasteiger partial charge in [0.2, 0.25) is 5.91 Å². The lowest BCUT2D eigenvalue weighted by atomic mass is 10.1. The number of thiazole rings is 1. The fourth-order valence-electron chi connectivity index (χ4n) is 2.95. The number of ether oxygens (including phenoxy) is 2. The van der Waals surface area contributed by atoms with Crippen LogP contribution in [0, 0.1) is 6.92 Å². The highest BCUT2D eigenvalue weighted by atomic mass is 32.1. The van der Waals surface area contributed by atoms with Gasteiger partial charge in [-0.2, -0.15) is 0 Å². The Bertz CT molecular complexity index is 929. The monoisotopic (exact) mass is 418 g/mol.